The minimum absolute atomic E-state index is 0.703. The van der Waals surface area contributed by atoms with Gasteiger partial charge in [0.2, 0.25) is 0 Å². The first-order valence-electron chi connectivity index (χ1n) is 5.37. The predicted octanol–water partition coefficient (Wildman–Crippen LogP) is 2.36. The molecule has 0 amide bonds. The van der Waals surface area contributed by atoms with Crippen molar-refractivity contribution >= 4 is 5.82 Å². The Hall–Kier alpha value is -1.97. The fraction of sp³-hybridized carbons (Fsp3) is 0.250. The van der Waals surface area contributed by atoms with Crippen LogP contribution in [0.3, 0.4) is 0 Å². The molecule has 2 aromatic rings. The molecule has 2 rings (SSSR count). The molecule has 0 atom stereocenters. The fourth-order valence-corrected chi connectivity index (χ4v) is 1.34. The summed E-state index contributed by atoms with van der Waals surface area (Å²) in [6, 6.07) is 5.70. The standard InChI is InChI=1S/C12H14N4/c1-2-6-14-11-5-8-15-12(16-11)10-4-3-7-13-9-10/h3-5,7-9H,2,6H2,1H3,(H,14,15,16). The van der Waals surface area contributed by atoms with Gasteiger partial charge >= 0.3 is 0 Å². The smallest absolute Gasteiger partial charge is 0.163 e. The van der Waals surface area contributed by atoms with Gasteiger partial charge in [-0.1, -0.05) is 6.92 Å². The van der Waals surface area contributed by atoms with Gasteiger partial charge in [-0.25, -0.2) is 9.97 Å². The third-order valence-electron chi connectivity index (χ3n) is 2.13. The zero-order valence-electron chi connectivity index (χ0n) is 9.22. The van der Waals surface area contributed by atoms with Crippen molar-refractivity contribution in [1.29, 1.82) is 0 Å². The number of hydrogen-bond acceptors (Lipinski definition) is 4. The van der Waals surface area contributed by atoms with Gasteiger partial charge in [0.15, 0.2) is 5.82 Å². The Balaban J connectivity index is 2.22. The van der Waals surface area contributed by atoms with E-state index in [9.17, 15) is 0 Å². The molecule has 82 valence electrons. The summed E-state index contributed by atoms with van der Waals surface area (Å²) in [6.07, 6.45) is 6.33. The zero-order valence-corrected chi connectivity index (χ0v) is 9.22. The molecule has 2 heterocycles. The second-order valence-electron chi connectivity index (χ2n) is 3.43. The normalized spacial score (nSPS) is 10.1. The maximum Gasteiger partial charge on any atom is 0.163 e. The predicted molar refractivity (Wildman–Crippen MR) is 64.0 cm³/mol. The molecule has 0 saturated carbocycles. The van der Waals surface area contributed by atoms with E-state index in [1.165, 1.54) is 0 Å². The maximum atomic E-state index is 4.42. The summed E-state index contributed by atoms with van der Waals surface area (Å²) in [4.78, 5) is 12.7. The topological polar surface area (TPSA) is 50.7 Å². The molecule has 2 aromatic heterocycles. The molecular weight excluding hydrogens is 200 g/mol. The number of nitrogens with one attached hydrogen (secondary N) is 1. The molecule has 4 nitrogen and oxygen atoms in total. The molecule has 4 heteroatoms. The van der Waals surface area contributed by atoms with Crippen LogP contribution in [-0.2, 0) is 0 Å². The lowest BCUT2D eigenvalue weighted by molar-refractivity contribution is 0.966. The molecule has 0 saturated heterocycles. The zero-order chi connectivity index (χ0) is 11.2. The molecule has 16 heavy (non-hydrogen) atoms. The van der Waals surface area contributed by atoms with Gasteiger partial charge < -0.3 is 5.32 Å². The molecule has 1 N–H and O–H groups in total. The van der Waals surface area contributed by atoms with Crippen LogP contribution >= 0.6 is 0 Å². The van der Waals surface area contributed by atoms with Crippen molar-refractivity contribution in [2.75, 3.05) is 11.9 Å². The van der Waals surface area contributed by atoms with Gasteiger partial charge in [-0.05, 0) is 24.6 Å². The van der Waals surface area contributed by atoms with E-state index < -0.39 is 0 Å². The second-order valence-corrected chi connectivity index (χ2v) is 3.43. The van der Waals surface area contributed by atoms with Gasteiger partial charge in [-0.15, -0.1) is 0 Å². The molecule has 0 fully saturated rings. The van der Waals surface area contributed by atoms with Crippen LogP contribution in [0.1, 0.15) is 13.3 Å². The minimum Gasteiger partial charge on any atom is -0.370 e. The van der Waals surface area contributed by atoms with Crippen LogP contribution in [0.5, 0.6) is 0 Å². The summed E-state index contributed by atoms with van der Waals surface area (Å²) >= 11 is 0. The van der Waals surface area contributed by atoms with Crippen molar-refractivity contribution < 1.29 is 0 Å². The quantitative estimate of drug-likeness (QED) is 0.848. The second kappa shape index (κ2) is 5.21. The van der Waals surface area contributed by atoms with Crippen LogP contribution in [-0.4, -0.2) is 21.5 Å². The van der Waals surface area contributed by atoms with Gasteiger partial charge in [0.25, 0.3) is 0 Å². The van der Waals surface area contributed by atoms with Crippen molar-refractivity contribution in [3.05, 3.63) is 36.8 Å². The number of rotatable bonds is 4. The number of hydrogen-bond donors (Lipinski definition) is 1. The summed E-state index contributed by atoms with van der Waals surface area (Å²) < 4.78 is 0. The third-order valence-corrected chi connectivity index (χ3v) is 2.13. The molecular formula is C12H14N4. The van der Waals surface area contributed by atoms with Crippen LogP contribution in [0.2, 0.25) is 0 Å². The van der Waals surface area contributed by atoms with E-state index in [-0.39, 0.29) is 0 Å². The van der Waals surface area contributed by atoms with Crippen molar-refractivity contribution in [2.24, 2.45) is 0 Å². The highest BCUT2D eigenvalue weighted by molar-refractivity contribution is 5.55. The first kappa shape index (κ1) is 10.5. The molecule has 0 bridgehead atoms. The monoisotopic (exact) mass is 214 g/mol. The highest BCUT2D eigenvalue weighted by Gasteiger charge is 2.01. The first-order valence-corrected chi connectivity index (χ1v) is 5.37. The van der Waals surface area contributed by atoms with Crippen molar-refractivity contribution in [3.8, 4) is 11.4 Å². The highest BCUT2D eigenvalue weighted by atomic mass is 15.0. The average Bonchev–Trinajstić information content (AvgIpc) is 2.38. The van der Waals surface area contributed by atoms with Crippen LogP contribution in [0.15, 0.2) is 36.8 Å². The first-order chi connectivity index (χ1) is 7.90. The summed E-state index contributed by atoms with van der Waals surface area (Å²) in [5, 5.41) is 3.23. The summed E-state index contributed by atoms with van der Waals surface area (Å²) in [6.45, 7) is 3.04. The highest BCUT2D eigenvalue weighted by Crippen LogP contribution is 2.14. The Labute approximate surface area is 94.8 Å². The Morgan fingerprint density at radius 1 is 1.25 bits per heavy atom. The van der Waals surface area contributed by atoms with E-state index in [0.29, 0.717) is 5.82 Å². The minimum atomic E-state index is 0.703. The van der Waals surface area contributed by atoms with Gasteiger partial charge in [-0.2, -0.15) is 0 Å². The molecule has 0 spiro atoms. The maximum absolute atomic E-state index is 4.42. The molecule has 0 aliphatic heterocycles. The molecule has 0 aliphatic rings. The number of nitrogens with zero attached hydrogens (tertiary/aromatic N) is 3. The van der Waals surface area contributed by atoms with Gasteiger partial charge in [-0.3, -0.25) is 4.98 Å². The lowest BCUT2D eigenvalue weighted by Crippen LogP contribution is -2.03. The molecule has 0 radical (unpaired) electrons. The van der Waals surface area contributed by atoms with Gasteiger partial charge in [0.1, 0.15) is 5.82 Å². The van der Waals surface area contributed by atoms with Crippen LogP contribution < -0.4 is 5.32 Å². The Kier molecular flexibility index (Phi) is 3.43. The summed E-state index contributed by atoms with van der Waals surface area (Å²) in [5.74, 6) is 1.56. The molecule has 0 aromatic carbocycles. The van der Waals surface area contributed by atoms with E-state index in [1.54, 1.807) is 18.6 Å². The third kappa shape index (κ3) is 2.53. The van der Waals surface area contributed by atoms with E-state index in [0.717, 1.165) is 24.3 Å². The Morgan fingerprint density at radius 3 is 2.94 bits per heavy atom. The lowest BCUT2D eigenvalue weighted by atomic mass is 10.3. The van der Waals surface area contributed by atoms with Crippen molar-refractivity contribution in [2.45, 2.75) is 13.3 Å². The number of anilines is 1. The van der Waals surface area contributed by atoms with Gasteiger partial charge in [0.05, 0.1) is 0 Å². The summed E-state index contributed by atoms with van der Waals surface area (Å²) in [7, 11) is 0. The molecule has 0 aliphatic carbocycles. The van der Waals surface area contributed by atoms with E-state index in [4.69, 9.17) is 0 Å². The van der Waals surface area contributed by atoms with Crippen LogP contribution in [0, 0.1) is 0 Å². The Morgan fingerprint density at radius 2 is 2.19 bits per heavy atom. The lowest BCUT2D eigenvalue weighted by Gasteiger charge is -2.05. The van der Waals surface area contributed by atoms with Crippen LogP contribution in [0.4, 0.5) is 5.82 Å². The Bertz CT molecular complexity index is 442. The molecule has 0 unspecified atom stereocenters. The van der Waals surface area contributed by atoms with Crippen molar-refractivity contribution in [1.82, 2.24) is 15.0 Å². The fourth-order valence-electron chi connectivity index (χ4n) is 1.34. The van der Waals surface area contributed by atoms with Gasteiger partial charge in [0, 0.05) is 30.7 Å². The number of aromatic nitrogens is 3. The number of pyridine rings is 1. The van der Waals surface area contributed by atoms with E-state index in [2.05, 4.69) is 27.2 Å². The van der Waals surface area contributed by atoms with Crippen LogP contribution in [0.25, 0.3) is 11.4 Å². The SMILES string of the molecule is CCCNc1ccnc(-c2cccnc2)n1. The van der Waals surface area contributed by atoms with E-state index >= 15 is 0 Å². The summed E-state index contributed by atoms with van der Waals surface area (Å²) in [5.41, 5.74) is 0.933. The van der Waals surface area contributed by atoms with Crippen molar-refractivity contribution in [3.63, 3.8) is 0 Å². The largest absolute Gasteiger partial charge is 0.370 e. The van der Waals surface area contributed by atoms with E-state index in [1.807, 2.05) is 18.2 Å². The average molecular weight is 214 g/mol.